The van der Waals surface area contributed by atoms with Crippen LogP contribution >= 0.6 is 0 Å². The third-order valence-corrected chi connectivity index (χ3v) is 2.41. The van der Waals surface area contributed by atoms with E-state index in [4.69, 9.17) is 0 Å². The third-order valence-electron chi connectivity index (χ3n) is 2.41. The normalized spacial score (nSPS) is 10.3. The van der Waals surface area contributed by atoms with E-state index in [0.29, 0.717) is 0 Å². The summed E-state index contributed by atoms with van der Waals surface area (Å²) in [6.45, 7) is 0. The first-order valence-corrected chi connectivity index (χ1v) is 4.40. The number of nitrogens with one attached hydrogen (secondary N) is 1. The van der Waals surface area contributed by atoms with Crippen molar-refractivity contribution in [2.24, 2.45) is 0 Å². The molecule has 0 fully saturated rings. The molecule has 2 heteroatoms. The number of H-pyrrole nitrogens is 1. The molecule has 14 heavy (non-hydrogen) atoms. The van der Waals surface area contributed by atoms with Gasteiger partial charge in [-0.25, -0.2) is 0 Å². The monoisotopic (exact) mass is 360 g/mol. The summed E-state index contributed by atoms with van der Waals surface area (Å²) in [4.78, 5) is 3.38. The number of hydrogen-bond acceptors (Lipinski definition) is 0. The number of benzene rings is 2. The van der Waals surface area contributed by atoms with Crippen LogP contribution in [0.4, 0.5) is 0 Å². The van der Waals surface area contributed by atoms with Gasteiger partial charge in [-0.05, 0) is 12.1 Å². The van der Waals surface area contributed by atoms with Crippen LogP contribution in [0.25, 0.3) is 21.8 Å². The predicted molar refractivity (Wildman–Crippen MR) is 55.8 cm³/mol. The maximum atomic E-state index is 3.38. The number of rotatable bonds is 0. The van der Waals surface area contributed by atoms with Crippen molar-refractivity contribution in [2.45, 2.75) is 0 Å². The van der Waals surface area contributed by atoms with Crippen LogP contribution in [0.2, 0.25) is 0 Å². The summed E-state index contributed by atoms with van der Waals surface area (Å²) in [6, 6.07) is 16.8. The van der Waals surface area contributed by atoms with Crippen molar-refractivity contribution in [3.05, 3.63) is 48.5 Å². The second-order valence-corrected chi connectivity index (χ2v) is 3.22. The standard InChI is InChI=1S/C12H9N.Ir/c1-3-7-11-9(5-1)10-6-2-4-8-12(10)13-11;/h1-8,13H;. The molecule has 0 unspecified atom stereocenters. The molecule has 0 amide bonds. The topological polar surface area (TPSA) is 15.8 Å². The molecule has 71 valence electrons. The zero-order valence-electron chi connectivity index (χ0n) is 7.45. The van der Waals surface area contributed by atoms with E-state index in [2.05, 4.69) is 53.5 Å². The van der Waals surface area contributed by atoms with Crippen LogP contribution in [0.5, 0.6) is 0 Å². The van der Waals surface area contributed by atoms with Crippen molar-refractivity contribution >= 4 is 21.8 Å². The number of hydrogen-bond donors (Lipinski definition) is 1. The van der Waals surface area contributed by atoms with E-state index in [0.717, 1.165) is 0 Å². The minimum Gasteiger partial charge on any atom is -0.355 e. The first-order chi connectivity index (χ1) is 6.45. The Morgan fingerprint density at radius 3 is 1.57 bits per heavy atom. The van der Waals surface area contributed by atoms with Crippen LogP contribution in [0, 0.1) is 0 Å². The molecule has 0 aliphatic carbocycles. The summed E-state index contributed by atoms with van der Waals surface area (Å²) in [7, 11) is 0. The van der Waals surface area contributed by atoms with Gasteiger partial charge >= 0.3 is 0 Å². The first-order valence-electron chi connectivity index (χ1n) is 4.40. The minimum atomic E-state index is 0. The molecule has 1 heterocycles. The molecular weight excluding hydrogens is 350 g/mol. The minimum absolute atomic E-state index is 0. The van der Waals surface area contributed by atoms with Gasteiger partial charge in [0.2, 0.25) is 0 Å². The SMILES string of the molecule is [Ir].c1ccc2c(c1)[nH]c1ccccc12. The molecule has 1 N–H and O–H groups in total. The Morgan fingerprint density at radius 1 is 0.643 bits per heavy atom. The average molecular weight is 359 g/mol. The first kappa shape index (κ1) is 9.44. The van der Waals surface area contributed by atoms with E-state index in [1.807, 2.05) is 0 Å². The maximum absolute atomic E-state index is 3.38. The van der Waals surface area contributed by atoms with Gasteiger partial charge in [-0.2, -0.15) is 0 Å². The number of aromatic amines is 1. The van der Waals surface area contributed by atoms with E-state index >= 15 is 0 Å². The van der Waals surface area contributed by atoms with Crippen LogP contribution < -0.4 is 0 Å². The Labute approximate surface area is 95.5 Å². The van der Waals surface area contributed by atoms with Crippen molar-refractivity contribution in [1.82, 2.24) is 4.98 Å². The second kappa shape index (κ2) is 3.56. The molecule has 0 saturated heterocycles. The molecule has 2 aromatic carbocycles. The maximum Gasteiger partial charge on any atom is 0.0464 e. The van der Waals surface area contributed by atoms with Crippen LogP contribution in [-0.4, -0.2) is 4.98 Å². The van der Waals surface area contributed by atoms with Gasteiger partial charge in [0.05, 0.1) is 0 Å². The van der Waals surface area contributed by atoms with Crippen molar-refractivity contribution in [1.29, 1.82) is 0 Å². The molecule has 1 radical (unpaired) electrons. The smallest absolute Gasteiger partial charge is 0.0464 e. The van der Waals surface area contributed by atoms with E-state index < -0.39 is 0 Å². The van der Waals surface area contributed by atoms with Gasteiger partial charge < -0.3 is 4.98 Å². The van der Waals surface area contributed by atoms with Gasteiger partial charge in [-0.3, -0.25) is 0 Å². The average Bonchev–Trinajstić information content (AvgIpc) is 2.56. The van der Waals surface area contributed by atoms with Gasteiger partial charge in [-0.1, -0.05) is 36.4 Å². The van der Waals surface area contributed by atoms with Crippen LogP contribution in [0.1, 0.15) is 0 Å². The quantitative estimate of drug-likeness (QED) is 0.634. The molecule has 1 nitrogen and oxygen atoms in total. The molecule has 0 aliphatic rings. The predicted octanol–water partition coefficient (Wildman–Crippen LogP) is 3.32. The number of para-hydroxylation sites is 2. The van der Waals surface area contributed by atoms with Crippen molar-refractivity contribution in [3.63, 3.8) is 0 Å². The Morgan fingerprint density at radius 2 is 1.07 bits per heavy atom. The van der Waals surface area contributed by atoms with Crippen LogP contribution in [-0.2, 0) is 20.1 Å². The molecule has 3 aromatic rings. The molecule has 0 saturated carbocycles. The van der Waals surface area contributed by atoms with E-state index in [1.54, 1.807) is 0 Å². The van der Waals surface area contributed by atoms with Gasteiger partial charge in [0.1, 0.15) is 0 Å². The second-order valence-electron chi connectivity index (χ2n) is 3.22. The Kier molecular flexibility index (Phi) is 2.40. The molecule has 0 spiro atoms. The summed E-state index contributed by atoms with van der Waals surface area (Å²) < 4.78 is 0. The zero-order valence-corrected chi connectivity index (χ0v) is 9.85. The van der Waals surface area contributed by atoms with Gasteiger partial charge in [-0.15, -0.1) is 0 Å². The van der Waals surface area contributed by atoms with E-state index in [1.165, 1.54) is 21.8 Å². The molecule has 3 rings (SSSR count). The summed E-state index contributed by atoms with van der Waals surface area (Å²) in [5, 5.41) is 2.61. The number of aromatic nitrogens is 1. The fourth-order valence-electron chi connectivity index (χ4n) is 1.80. The summed E-state index contributed by atoms with van der Waals surface area (Å²) >= 11 is 0. The number of fused-ring (bicyclic) bond motifs is 3. The summed E-state index contributed by atoms with van der Waals surface area (Å²) in [5.74, 6) is 0. The largest absolute Gasteiger partial charge is 0.355 e. The van der Waals surface area contributed by atoms with Crippen molar-refractivity contribution in [2.75, 3.05) is 0 Å². The van der Waals surface area contributed by atoms with Gasteiger partial charge in [0.25, 0.3) is 0 Å². The summed E-state index contributed by atoms with van der Waals surface area (Å²) in [6.07, 6.45) is 0. The zero-order chi connectivity index (χ0) is 8.67. The molecule has 0 aliphatic heterocycles. The molecule has 1 aromatic heterocycles. The Balaban J connectivity index is 0.000000750. The van der Waals surface area contributed by atoms with Crippen molar-refractivity contribution < 1.29 is 20.1 Å². The molecular formula is C12H9IrN. The van der Waals surface area contributed by atoms with Crippen molar-refractivity contribution in [3.8, 4) is 0 Å². The third kappa shape index (κ3) is 1.28. The Hall–Kier alpha value is -1.11. The van der Waals surface area contributed by atoms with Crippen LogP contribution in [0.15, 0.2) is 48.5 Å². The fourth-order valence-corrected chi connectivity index (χ4v) is 1.80. The van der Waals surface area contributed by atoms with E-state index in [9.17, 15) is 0 Å². The van der Waals surface area contributed by atoms with Gasteiger partial charge in [0.15, 0.2) is 0 Å². The molecule has 0 bridgehead atoms. The summed E-state index contributed by atoms with van der Waals surface area (Å²) in [5.41, 5.74) is 2.42. The van der Waals surface area contributed by atoms with Crippen LogP contribution in [0.3, 0.4) is 0 Å². The Bertz CT molecular complexity index is 518. The molecule has 0 atom stereocenters. The van der Waals surface area contributed by atoms with E-state index in [-0.39, 0.29) is 20.1 Å². The van der Waals surface area contributed by atoms with Gasteiger partial charge in [0, 0.05) is 41.9 Å². The fraction of sp³-hybridized carbons (Fsp3) is 0.